The molecule has 11 heteroatoms. The number of para-hydroxylation sites is 1. The first kappa shape index (κ1) is 18.4. The van der Waals surface area contributed by atoms with E-state index in [0.717, 1.165) is 18.2 Å². The summed E-state index contributed by atoms with van der Waals surface area (Å²) in [6.45, 7) is 0. The van der Waals surface area contributed by atoms with Crippen molar-refractivity contribution in [3.05, 3.63) is 64.3 Å². The number of nitrogens with one attached hydrogen (secondary N) is 3. The lowest BCUT2D eigenvalue weighted by molar-refractivity contribution is -0.385. The molecule has 0 aliphatic heterocycles. The normalized spacial score (nSPS) is 11.3. The second kappa shape index (κ2) is 7.05. The van der Waals surface area contributed by atoms with Crippen LogP contribution in [0.4, 0.5) is 5.69 Å². The van der Waals surface area contributed by atoms with Crippen molar-refractivity contribution >= 4 is 32.5 Å². The number of rotatable bonds is 6. The number of aromatic nitrogens is 1. The second-order valence-corrected chi connectivity index (χ2v) is 7.05. The molecule has 140 valence electrons. The van der Waals surface area contributed by atoms with Gasteiger partial charge in [0.2, 0.25) is 0 Å². The van der Waals surface area contributed by atoms with Crippen LogP contribution in [0.5, 0.6) is 5.75 Å². The highest BCUT2D eigenvalue weighted by Crippen LogP contribution is 2.27. The Bertz CT molecular complexity index is 1140. The predicted octanol–water partition coefficient (Wildman–Crippen LogP) is 1.71. The Labute approximate surface area is 153 Å². The molecule has 0 saturated carbocycles. The summed E-state index contributed by atoms with van der Waals surface area (Å²) in [6, 6.07) is 10.1. The maximum Gasteiger partial charge on any atom is 0.271 e. The molecular weight excluding hydrogens is 376 g/mol. The minimum absolute atomic E-state index is 0.102. The zero-order valence-corrected chi connectivity index (χ0v) is 14.7. The van der Waals surface area contributed by atoms with Crippen LogP contribution in [0.3, 0.4) is 0 Å². The topological polar surface area (TPSA) is 143 Å². The van der Waals surface area contributed by atoms with Crippen LogP contribution in [0, 0.1) is 10.1 Å². The molecule has 1 aromatic heterocycles. The predicted molar refractivity (Wildman–Crippen MR) is 95.7 cm³/mol. The van der Waals surface area contributed by atoms with Gasteiger partial charge in [0, 0.05) is 29.2 Å². The van der Waals surface area contributed by atoms with E-state index in [0.29, 0.717) is 10.9 Å². The molecule has 0 atom stereocenters. The van der Waals surface area contributed by atoms with Gasteiger partial charge in [0.25, 0.3) is 21.6 Å². The number of benzene rings is 2. The molecule has 10 nitrogen and oxygen atoms in total. The van der Waals surface area contributed by atoms with Crippen molar-refractivity contribution in [1.82, 2.24) is 15.2 Å². The number of hydrogen-bond acceptors (Lipinski definition) is 6. The van der Waals surface area contributed by atoms with Gasteiger partial charge in [-0.15, -0.1) is 4.83 Å². The summed E-state index contributed by atoms with van der Waals surface area (Å²) in [6.07, 6.45) is 1.45. The maximum atomic E-state index is 12.5. The maximum absolute atomic E-state index is 12.5. The zero-order chi connectivity index (χ0) is 19.6. The number of methoxy groups -OCH3 is 1. The number of ether oxygens (including phenoxy) is 1. The van der Waals surface area contributed by atoms with E-state index in [4.69, 9.17) is 4.74 Å². The van der Waals surface area contributed by atoms with Gasteiger partial charge in [-0.3, -0.25) is 20.3 Å². The summed E-state index contributed by atoms with van der Waals surface area (Å²) in [5, 5.41) is 11.5. The minimum Gasteiger partial charge on any atom is -0.495 e. The molecule has 0 radical (unpaired) electrons. The highest BCUT2D eigenvalue weighted by atomic mass is 32.2. The molecule has 2 aromatic carbocycles. The number of hydrogen-bond donors (Lipinski definition) is 3. The number of amides is 1. The van der Waals surface area contributed by atoms with Gasteiger partial charge in [0.15, 0.2) is 0 Å². The Kier molecular flexibility index (Phi) is 4.79. The summed E-state index contributed by atoms with van der Waals surface area (Å²) in [5.74, 6) is -0.796. The third kappa shape index (κ3) is 3.59. The van der Waals surface area contributed by atoms with Crippen LogP contribution in [0.25, 0.3) is 10.9 Å². The van der Waals surface area contributed by atoms with Gasteiger partial charge in [-0.25, -0.2) is 8.42 Å². The van der Waals surface area contributed by atoms with Crippen LogP contribution in [-0.2, 0) is 10.0 Å². The molecule has 0 saturated heterocycles. The van der Waals surface area contributed by atoms with Gasteiger partial charge in [-0.1, -0.05) is 18.2 Å². The standard InChI is InChI=1S/C16H14N4O6S/c1-26-14-7-6-10(20(22)23)8-15(14)27(24,25)19-18-16(21)12-9-17-13-5-3-2-4-11(12)13/h2-9,17,19H,1H3,(H,18,21). The van der Waals surface area contributed by atoms with Crippen molar-refractivity contribution < 1.29 is 22.9 Å². The van der Waals surface area contributed by atoms with Gasteiger partial charge < -0.3 is 9.72 Å². The average Bonchev–Trinajstić information content (AvgIpc) is 3.09. The number of sulfonamides is 1. The fourth-order valence-corrected chi connectivity index (χ4v) is 3.51. The summed E-state index contributed by atoms with van der Waals surface area (Å²) in [7, 11) is -3.09. The number of hydrazine groups is 1. The van der Waals surface area contributed by atoms with Gasteiger partial charge >= 0.3 is 0 Å². The highest BCUT2D eigenvalue weighted by Gasteiger charge is 2.24. The number of aromatic amines is 1. The van der Waals surface area contributed by atoms with Crippen LogP contribution >= 0.6 is 0 Å². The summed E-state index contributed by atoms with van der Waals surface area (Å²) >= 11 is 0. The van der Waals surface area contributed by atoms with E-state index in [1.54, 1.807) is 24.3 Å². The molecule has 0 spiro atoms. The summed E-state index contributed by atoms with van der Waals surface area (Å²) < 4.78 is 29.9. The molecular formula is C16H14N4O6S. The molecule has 0 bridgehead atoms. The molecule has 0 aliphatic carbocycles. The van der Waals surface area contributed by atoms with Crippen molar-refractivity contribution in [3.63, 3.8) is 0 Å². The van der Waals surface area contributed by atoms with E-state index < -0.39 is 31.4 Å². The Morgan fingerprint density at radius 3 is 2.67 bits per heavy atom. The molecule has 3 N–H and O–H groups in total. The number of nitro benzene ring substituents is 1. The molecule has 1 amide bonds. The third-order valence-electron chi connectivity index (χ3n) is 3.78. The second-order valence-electron chi connectivity index (χ2n) is 5.40. The van der Waals surface area contributed by atoms with E-state index in [1.165, 1.54) is 13.3 Å². The number of carbonyl (C=O) groups excluding carboxylic acids is 1. The van der Waals surface area contributed by atoms with Crippen molar-refractivity contribution in [1.29, 1.82) is 0 Å². The van der Waals surface area contributed by atoms with Crippen molar-refractivity contribution in [3.8, 4) is 5.75 Å². The van der Waals surface area contributed by atoms with Crippen LogP contribution in [0.2, 0.25) is 0 Å². The summed E-state index contributed by atoms with van der Waals surface area (Å²) in [5.41, 5.74) is 2.61. The number of nitro groups is 1. The Hall–Kier alpha value is -3.44. The first-order valence-corrected chi connectivity index (χ1v) is 9.02. The molecule has 3 rings (SSSR count). The minimum atomic E-state index is -4.32. The Morgan fingerprint density at radius 1 is 1.22 bits per heavy atom. The molecule has 27 heavy (non-hydrogen) atoms. The first-order valence-electron chi connectivity index (χ1n) is 7.54. The average molecular weight is 390 g/mol. The van der Waals surface area contributed by atoms with E-state index in [1.807, 2.05) is 4.83 Å². The van der Waals surface area contributed by atoms with Crippen LogP contribution in [0.15, 0.2) is 53.6 Å². The van der Waals surface area contributed by atoms with E-state index in [2.05, 4.69) is 10.4 Å². The summed E-state index contributed by atoms with van der Waals surface area (Å²) in [4.78, 5) is 26.9. The fraction of sp³-hybridized carbons (Fsp3) is 0.0625. The monoisotopic (exact) mass is 390 g/mol. The Balaban J connectivity index is 1.86. The zero-order valence-electron chi connectivity index (χ0n) is 13.9. The fourth-order valence-electron chi connectivity index (χ4n) is 2.48. The Morgan fingerprint density at radius 2 is 1.96 bits per heavy atom. The molecule has 0 unspecified atom stereocenters. The quantitative estimate of drug-likeness (QED) is 0.432. The smallest absolute Gasteiger partial charge is 0.271 e. The van der Waals surface area contributed by atoms with Crippen LogP contribution in [-0.4, -0.2) is 31.3 Å². The van der Waals surface area contributed by atoms with Crippen molar-refractivity contribution in [2.45, 2.75) is 4.90 Å². The molecule has 0 aliphatic rings. The van der Waals surface area contributed by atoms with Gasteiger partial charge in [-0.2, -0.15) is 0 Å². The largest absolute Gasteiger partial charge is 0.495 e. The molecule has 1 heterocycles. The number of fused-ring (bicyclic) bond motifs is 1. The van der Waals surface area contributed by atoms with Crippen molar-refractivity contribution in [2.75, 3.05) is 7.11 Å². The number of non-ortho nitro benzene ring substituents is 1. The molecule has 3 aromatic rings. The van der Waals surface area contributed by atoms with Crippen LogP contribution in [0.1, 0.15) is 10.4 Å². The van der Waals surface area contributed by atoms with Gasteiger partial charge in [0.1, 0.15) is 10.6 Å². The molecule has 0 fully saturated rings. The lowest BCUT2D eigenvalue weighted by atomic mass is 10.2. The van der Waals surface area contributed by atoms with E-state index >= 15 is 0 Å². The third-order valence-corrected chi connectivity index (χ3v) is 5.05. The van der Waals surface area contributed by atoms with Gasteiger partial charge in [0.05, 0.1) is 17.6 Å². The number of nitrogens with zero attached hydrogens (tertiary/aromatic N) is 1. The number of carbonyl (C=O) groups is 1. The number of H-pyrrole nitrogens is 1. The highest BCUT2D eigenvalue weighted by molar-refractivity contribution is 7.89. The van der Waals surface area contributed by atoms with Gasteiger partial charge in [-0.05, 0) is 12.1 Å². The SMILES string of the molecule is COc1ccc([N+](=O)[O-])cc1S(=O)(=O)NNC(=O)c1c[nH]c2ccccc12. The lowest BCUT2D eigenvalue weighted by Crippen LogP contribution is -2.41. The lowest BCUT2D eigenvalue weighted by Gasteiger charge is -2.11. The van der Waals surface area contributed by atoms with E-state index in [9.17, 15) is 23.3 Å². The first-order chi connectivity index (χ1) is 12.8. The van der Waals surface area contributed by atoms with E-state index in [-0.39, 0.29) is 11.3 Å². The van der Waals surface area contributed by atoms with Crippen LogP contribution < -0.4 is 15.0 Å². The van der Waals surface area contributed by atoms with Crippen molar-refractivity contribution in [2.24, 2.45) is 0 Å².